The Morgan fingerprint density at radius 2 is 1.90 bits per heavy atom. The summed E-state index contributed by atoms with van der Waals surface area (Å²) in [6.45, 7) is 1.93. The average Bonchev–Trinajstić information content (AvgIpc) is 2.41. The minimum atomic E-state index is -0.211. The normalized spacial score (nSPS) is 10.3. The van der Waals surface area contributed by atoms with Gasteiger partial charge in [-0.3, -0.25) is 4.79 Å². The highest BCUT2D eigenvalue weighted by Gasteiger charge is 2.13. The number of carbonyl (C=O) groups excluding carboxylic acids is 1. The number of amides is 1. The van der Waals surface area contributed by atoms with Crippen molar-refractivity contribution in [1.29, 1.82) is 0 Å². The number of hydrogen-bond donors (Lipinski definition) is 2. The van der Waals surface area contributed by atoms with Gasteiger partial charge in [-0.2, -0.15) is 0 Å². The quantitative estimate of drug-likeness (QED) is 0.833. The Morgan fingerprint density at radius 1 is 1.19 bits per heavy atom. The standard InChI is InChI=1S/C16H18BrN3O/c1-10-4-6-13(18)12(8-10)16(21)19-14-9-11(17)5-7-15(14)20(2)3/h4-9H,18H2,1-3H3,(H,19,21). The van der Waals surface area contributed by atoms with E-state index in [-0.39, 0.29) is 5.91 Å². The van der Waals surface area contributed by atoms with Crippen LogP contribution in [-0.4, -0.2) is 20.0 Å². The monoisotopic (exact) mass is 347 g/mol. The predicted octanol–water partition coefficient (Wildman–Crippen LogP) is 3.66. The molecule has 0 atom stereocenters. The molecular weight excluding hydrogens is 330 g/mol. The van der Waals surface area contributed by atoms with Crippen molar-refractivity contribution in [3.05, 3.63) is 52.0 Å². The van der Waals surface area contributed by atoms with Crippen LogP contribution in [0.3, 0.4) is 0 Å². The third-order valence-corrected chi connectivity index (χ3v) is 3.64. The van der Waals surface area contributed by atoms with Crippen LogP contribution < -0.4 is 16.0 Å². The zero-order valence-corrected chi connectivity index (χ0v) is 13.9. The summed E-state index contributed by atoms with van der Waals surface area (Å²) in [7, 11) is 3.86. The molecule has 3 N–H and O–H groups in total. The van der Waals surface area contributed by atoms with Crippen molar-refractivity contribution in [1.82, 2.24) is 0 Å². The van der Waals surface area contributed by atoms with Crippen molar-refractivity contribution in [3.8, 4) is 0 Å². The summed E-state index contributed by atoms with van der Waals surface area (Å²) in [6.07, 6.45) is 0. The molecule has 0 heterocycles. The molecule has 0 saturated carbocycles. The van der Waals surface area contributed by atoms with Crippen LogP contribution in [0.15, 0.2) is 40.9 Å². The summed E-state index contributed by atoms with van der Waals surface area (Å²) < 4.78 is 0.903. The Labute approximate surface area is 133 Å². The molecule has 0 saturated heterocycles. The first-order chi connectivity index (χ1) is 9.88. The number of nitrogens with one attached hydrogen (secondary N) is 1. The maximum absolute atomic E-state index is 12.4. The number of hydrogen-bond acceptors (Lipinski definition) is 3. The van der Waals surface area contributed by atoms with Crippen molar-refractivity contribution in [2.24, 2.45) is 0 Å². The van der Waals surface area contributed by atoms with E-state index < -0.39 is 0 Å². The van der Waals surface area contributed by atoms with Crippen molar-refractivity contribution < 1.29 is 4.79 Å². The summed E-state index contributed by atoms with van der Waals surface area (Å²) >= 11 is 3.42. The molecule has 0 fully saturated rings. The molecule has 0 aliphatic heterocycles. The number of nitrogen functional groups attached to an aromatic ring is 1. The summed E-state index contributed by atoms with van der Waals surface area (Å²) in [4.78, 5) is 14.4. The smallest absolute Gasteiger partial charge is 0.257 e. The van der Waals surface area contributed by atoms with Crippen LogP contribution in [0.4, 0.5) is 17.1 Å². The van der Waals surface area contributed by atoms with E-state index in [1.54, 1.807) is 12.1 Å². The highest BCUT2D eigenvalue weighted by atomic mass is 79.9. The predicted molar refractivity (Wildman–Crippen MR) is 92.0 cm³/mol. The van der Waals surface area contributed by atoms with E-state index in [0.717, 1.165) is 21.4 Å². The first kappa shape index (κ1) is 15.4. The molecule has 0 unspecified atom stereocenters. The lowest BCUT2D eigenvalue weighted by Gasteiger charge is -2.18. The Morgan fingerprint density at radius 3 is 2.57 bits per heavy atom. The Hall–Kier alpha value is -2.01. The summed E-state index contributed by atoms with van der Waals surface area (Å²) in [5.74, 6) is -0.211. The molecule has 2 aromatic carbocycles. The lowest BCUT2D eigenvalue weighted by Crippen LogP contribution is -2.18. The number of halogens is 1. The molecule has 5 heteroatoms. The summed E-state index contributed by atoms with van der Waals surface area (Å²) in [6, 6.07) is 11.2. The van der Waals surface area contributed by atoms with Gasteiger partial charge >= 0.3 is 0 Å². The molecule has 0 aliphatic rings. The van der Waals surface area contributed by atoms with Crippen LogP contribution in [0.2, 0.25) is 0 Å². The first-order valence-electron chi connectivity index (χ1n) is 6.53. The van der Waals surface area contributed by atoms with Gasteiger partial charge in [-0.25, -0.2) is 0 Å². The molecule has 0 aromatic heterocycles. The fourth-order valence-corrected chi connectivity index (χ4v) is 2.42. The molecule has 2 rings (SSSR count). The molecular formula is C16H18BrN3O. The number of benzene rings is 2. The Kier molecular flexibility index (Phi) is 4.53. The third-order valence-electron chi connectivity index (χ3n) is 3.14. The molecule has 0 bridgehead atoms. The van der Waals surface area contributed by atoms with Crippen molar-refractivity contribution in [2.75, 3.05) is 30.0 Å². The average molecular weight is 348 g/mol. The number of nitrogens with zero attached hydrogens (tertiary/aromatic N) is 1. The molecule has 4 nitrogen and oxygen atoms in total. The van der Waals surface area contributed by atoms with Crippen molar-refractivity contribution in [2.45, 2.75) is 6.92 Å². The van der Waals surface area contributed by atoms with Crippen molar-refractivity contribution in [3.63, 3.8) is 0 Å². The van der Waals surface area contributed by atoms with Gasteiger partial charge in [-0.05, 0) is 37.3 Å². The number of anilines is 3. The van der Waals surface area contributed by atoms with E-state index in [0.29, 0.717) is 11.3 Å². The van der Waals surface area contributed by atoms with Crippen LogP contribution in [-0.2, 0) is 0 Å². The fraction of sp³-hybridized carbons (Fsp3) is 0.188. The number of rotatable bonds is 3. The zero-order valence-electron chi connectivity index (χ0n) is 12.3. The van der Waals surface area contributed by atoms with Gasteiger partial charge in [0, 0.05) is 24.3 Å². The maximum atomic E-state index is 12.4. The fourth-order valence-electron chi connectivity index (χ4n) is 2.05. The van der Waals surface area contributed by atoms with Gasteiger partial charge in [-0.1, -0.05) is 27.6 Å². The van der Waals surface area contributed by atoms with Gasteiger partial charge in [0.15, 0.2) is 0 Å². The first-order valence-corrected chi connectivity index (χ1v) is 7.32. The Bertz CT molecular complexity index is 683. The largest absolute Gasteiger partial charge is 0.398 e. The molecule has 1 amide bonds. The SMILES string of the molecule is Cc1ccc(N)c(C(=O)Nc2cc(Br)ccc2N(C)C)c1. The summed E-state index contributed by atoms with van der Waals surface area (Å²) in [5, 5.41) is 2.93. The third kappa shape index (κ3) is 3.55. The number of nitrogens with two attached hydrogens (primary N) is 1. The van der Waals surface area contributed by atoms with E-state index in [4.69, 9.17) is 5.73 Å². The van der Waals surface area contributed by atoms with Gasteiger partial charge in [-0.15, -0.1) is 0 Å². The van der Waals surface area contributed by atoms with Crippen LogP contribution >= 0.6 is 15.9 Å². The minimum Gasteiger partial charge on any atom is -0.398 e. The van der Waals surface area contributed by atoms with Crippen LogP contribution in [0.1, 0.15) is 15.9 Å². The molecule has 21 heavy (non-hydrogen) atoms. The van der Waals surface area contributed by atoms with E-state index in [1.807, 2.05) is 50.2 Å². The number of aryl methyl sites for hydroxylation is 1. The topological polar surface area (TPSA) is 58.4 Å². The second-order valence-corrected chi connectivity index (χ2v) is 6.02. The zero-order chi connectivity index (χ0) is 15.6. The lowest BCUT2D eigenvalue weighted by atomic mass is 10.1. The molecule has 2 aromatic rings. The highest BCUT2D eigenvalue weighted by Crippen LogP contribution is 2.29. The van der Waals surface area contributed by atoms with Crippen LogP contribution in [0.5, 0.6) is 0 Å². The number of carbonyl (C=O) groups is 1. The van der Waals surface area contributed by atoms with Gasteiger partial charge in [0.2, 0.25) is 0 Å². The van der Waals surface area contributed by atoms with Gasteiger partial charge < -0.3 is 16.0 Å². The Balaban J connectivity index is 2.35. The summed E-state index contributed by atoms with van der Waals surface area (Å²) in [5.41, 5.74) is 9.51. The van der Waals surface area contributed by atoms with Gasteiger partial charge in [0.05, 0.1) is 16.9 Å². The van der Waals surface area contributed by atoms with Gasteiger partial charge in [0.25, 0.3) is 5.91 Å². The second-order valence-electron chi connectivity index (χ2n) is 5.10. The van der Waals surface area contributed by atoms with E-state index in [2.05, 4.69) is 21.2 Å². The second kappa shape index (κ2) is 6.18. The molecule has 110 valence electrons. The molecule has 0 spiro atoms. The highest BCUT2D eigenvalue weighted by molar-refractivity contribution is 9.10. The van der Waals surface area contributed by atoms with Crippen molar-refractivity contribution >= 4 is 38.9 Å². The van der Waals surface area contributed by atoms with E-state index in [9.17, 15) is 4.79 Å². The van der Waals surface area contributed by atoms with Crippen LogP contribution in [0.25, 0.3) is 0 Å². The van der Waals surface area contributed by atoms with E-state index in [1.165, 1.54) is 0 Å². The lowest BCUT2D eigenvalue weighted by molar-refractivity contribution is 0.102. The van der Waals surface area contributed by atoms with Crippen LogP contribution in [0, 0.1) is 6.92 Å². The maximum Gasteiger partial charge on any atom is 0.257 e. The van der Waals surface area contributed by atoms with E-state index >= 15 is 0 Å². The minimum absolute atomic E-state index is 0.211. The molecule has 0 radical (unpaired) electrons. The molecule has 0 aliphatic carbocycles. The van der Waals surface area contributed by atoms with Gasteiger partial charge in [0.1, 0.15) is 0 Å².